The van der Waals surface area contributed by atoms with Crippen molar-refractivity contribution in [3.63, 3.8) is 0 Å². The topological polar surface area (TPSA) is 21.3 Å². The fourth-order valence-electron chi connectivity index (χ4n) is 1.41. The number of methoxy groups -OCH3 is 1. The molecule has 14 heavy (non-hydrogen) atoms. The van der Waals surface area contributed by atoms with E-state index in [1.54, 1.807) is 7.11 Å². The molecule has 0 aromatic heterocycles. The normalized spacial score (nSPS) is 12.7. The summed E-state index contributed by atoms with van der Waals surface area (Å²) in [6.07, 6.45) is 7.07. The first kappa shape index (κ1) is 13.7. The predicted octanol–water partition coefficient (Wildman–Crippen LogP) is 2.60. The molecule has 1 unspecified atom stereocenters. The van der Waals surface area contributed by atoms with Crippen molar-refractivity contribution < 1.29 is 4.74 Å². The average molecular weight is 199 g/mol. The Labute approximate surface area is 88.7 Å². The summed E-state index contributed by atoms with van der Waals surface area (Å²) < 4.78 is 4.96. The first-order chi connectivity index (χ1) is 6.81. The molecular weight excluding hydrogens is 174 g/mol. The summed E-state index contributed by atoms with van der Waals surface area (Å²) in [4.78, 5) is 0. The number of hydrogen-bond donors (Lipinski definition) is 1. The van der Waals surface area contributed by atoms with Crippen molar-refractivity contribution in [2.45, 2.75) is 32.6 Å². The fourth-order valence-corrected chi connectivity index (χ4v) is 1.41. The summed E-state index contributed by atoms with van der Waals surface area (Å²) in [7, 11) is 1.74. The van der Waals surface area contributed by atoms with Crippen LogP contribution in [0.5, 0.6) is 0 Å². The van der Waals surface area contributed by atoms with Crippen LogP contribution in [0.25, 0.3) is 0 Å². The quantitative estimate of drug-likeness (QED) is 0.431. The van der Waals surface area contributed by atoms with Crippen LogP contribution in [0.2, 0.25) is 0 Å². The molecule has 84 valence electrons. The summed E-state index contributed by atoms with van der Waals surface area (Å²) in [6.45, 7) is 8.90. The van der Waals surface area contributed by atoms with Crippen molar-refractivity contribution in [2.75, 3.05) is 26.8 Å². The maximum Gasteiger partial charge on any atom is 0.0587 e. The standard InChI is InChI=1S/C12H25NO/c1-4-5-6-7-8-12(2)11-13-9-10-14-3/h4,12-13H,1,5-11H2,2-3H3. The van der Waals surface area contributed by atoms with E-state index >= 15 is 0 Å². The van der Waals surface area contributed by atoms with Gasteiger partial charge in [0.25, 0.3) is 0 Å². The third kappa shape index (κ3) is 9.75. The third-order valence-corrected chi connectivity index (χ3v) is 2.33. The molecule has 0 heterocycles. The highest BCUT2D eigenvalue weighted by molar-refractivity contribution is 4.66. The highest BCUT2D eigenvalue weighted by atomic mass is 16.5. The van der Waals surface area contributed by atoms with Gasteiger partial charge in [-0.2, -0.15) is 0 Å². The Balaban J connectivity index is 3.10. The van der Waals surface area contributed by atoms with Crippen LogP contribution >= 0.6 is 0 Å². The Morgan fingerprint density at radius 3 is 2.86 bits per heavy atom. The largest absolute Gasteiger partial charge is 0.383 e. The minimum absolute atomic E-state index is 0.775. The molecule has 0 saturated carbocycles. The van der Waals surface area contributed by atoms with Crippen molar-refractivity contribution in [3.8, 4) is 0 Å². The zero-order chi connectivity index (χ0) is 10.6. The highest BCUT2D eigenvalue weighted by Gasteiger charge is 2.00. The number of hydrogen-bond acceptors (Lipinski definition) is 2. The molecule has 0 amide bonds. The van der Waals surface area contributed by atoms with Crippen LogP contribution in [-0.2, 0) is 4.74 Å². The lowest BCUT2D eigenvalue weighted by Crippen LogP contribution is -2.24. The molecule has 0 aliphatic carbocycles. The maximum absolute atomic E-state index is 4.96. The molecule has 0 aliphatic rings. The van der Waals surface area contributed by atoms with Gasteiger partial charge in [-0.3, -0.25) is 0 Å². The zero-order valence-electron chi connectivity index (χ0n) is 9.72. The second-order valence-corrected chi connectivity index (χ2v) is 3.88. The van der Waals surface area contributed by atoms with Gasteiger partial charge in [0.05, 0.1) is 6.61 Å². The Hall–Kier alpha value is -0.340. The summed E-state index contributed by atoms with van der Waals surface area (Å²) in [5.74, 6) is 0.775. The third-order valence-electron chi connectivity index (χ3n) is 2.33. The van der Waals surface area contributed by atoms with Gasteiger partial charge in [-0.05, 0) is 31.7 Å². The van der Waals surface area contributed by atoms with Crippen molar-refractivity contribution >= 4 is 0 Å². The van der Waals surface area contributed by atoms with E-state index < -0.39 is 0 Å². The molecule has 1 N–H and O–H groups in total. The molecular formula is C12H25NO. The Kier molecular flexibility index (Phi) is 10.5. The van der Waals surface area contributed by atoms with Gasteiger partial charge in [-0.15, -0.1) is 6.58 Å². The van der Waals surface area contributed by atoms with Crippen molar-refractivity contribution in [3.05, 3.63) is 12.7 Å². The molecule has 0 spiro atoms. The van der Waals surface area contributed by atoms with E-state index in [2.05, 4.69) is 18.8 Å². The zero-order valence-corrected chi connectivity index (χ0v) is 9.72. The number of allylic oxidation sites excluding steroid dienone is 1. The summed E-state index contributed by atoms with van der Waals surface area (Å²) in [6, 6.07) is 0. The highest BCUT2D eigenvalue weighted by Crippen LogP contribution is 2.08. The van der Waals surface area contributed by atoms with E-state index in [0.29, 0.717) is 0 Å². The molecule has 0 aliphatic heterocycles. The van der Waals surface area contributed by atoms with E-state index in [9.17, 15) is 0 Å². The molecule has 0 bridgehead atoms. The number of unbranched alkanes of at least 4 members (excludes halogenated alkanes) is 2. The summed E-state index contributed by atoms with van der Waals surface area (Å²) in [5, 5.41) is 3.38. The molecule has 0 aromatic carbocycles. The van der Waals surface area contributed by atoms with Gasteiger partial charge in [-0.25, -0.2) is 0 Å². The molecule has 0 rings (SSSR count). The van der Waals surface area contributed by atoms with Gasteiger partial charge < -0.3 is 10.1 Å². The first-order valence-corrected chi connectivity index (χ1v) is 5.61. The molecule has 2 nitrogen and oxygen atoms in total. The molecule has 0 fully saturated rings. The van der Waals surface area contributed by atoms with Crippen molar-refractivity contribution in [1.29, 1.82) is 0 Å². The Morgan fingerprint density at radius 2 is 2.21 bits per heavy atom. The monoisotopic (exact) mass is 199 g/mol. The van der Waals surface area contributed by atoms with Gasteiger partial charge in [0.2, 0.25) is 0 Å². The van der Waals surface area contributed by atoms with E-state index in [0.717, 1.165) is 32.0 Å². The van der Waals surface area contributed by atoms with Gasteiger partial charge in [0.15, 0.2) is 0 Å². The number of nitrogens with one attached hydrogen (secondary N) is 1. The summed E-state index contributed by atoms with van der Waals surface area (Å²) in [5.41, 5.74) is 0. The maximum atomic E-state index is 4.96. The SMILES string of the molecule is C=CCCCCC(C)CNCCOC. The smallest absolute Gasteiger partial charge is 0.0587 e. The van der Waals surface area contributed by atoms with Crippen molar-refractivity contribution in [1.82, 2.24) is 5.32 Å². The predicted molar refractivity (Wildman–Crippen MR) is 62.6 cm³/mol. The number of ether oxygens (including phenoxy) is 1. The van der Waals surface area contributed by atoms with E-state index in [1.165, 1.54) is 19.3 Å². The van der Waals surface area contributed by atoms with Crippen LogP contribution in [-0.4, -0.2) is 26.8 Å². The van der Waals surface area contributed by atoms with Crippen LogP contribution < -0.4 is 5.32 Å². The molecule has 0 saturated heterocycles. The Bertz CT molecular complexity index is 125. The second-order valence-electron chi connectivity index (χ2n) is 3.88. The van der Waals surface area contributed by atoms with Crippen LogP contribution in [0.15, 0.2) is 12.7 Å². The first-order valence-electron chi connectivity index (χ1n) is 5.61. The molecule has 0 aromatic rings. The van der Waals surface area contributed by atoms with E-state index in [1.807, 2.05) is 6.08 Å². The Morgan fingerprint density at radius 1 is 1.43 bits per heavy atom. The minimum Gasteiger partial charge on any atom is -0.383 e. The number of rotatable bonds is 10. The van der Waals surface area contributed by atoms with Gasteiger partial charge >= 0.3 is 0 Å². The van der Waals surface area contributed by atoms with Crippen molar-refractivity contribution in [2.24, 2.45) is 5.92 Å². The van der Waals surface area contributed by atoms with Gasteiger partial charge in [0.1, 0.15) is 0 Å². The van der Waals surface area contributed by atoms with Crippen LogP contribution in [0, 0.1) is 5.92 Å². The van der Waals surface area contributed by atoms with Crippen LogP contribution in [0.3, 0.4) is 0 Å². The van der Waals surface area contributed by atoms with Crippen LogP contribution in [0.1, 0.15) is 32.6 Å². The van der Waals surface area contributed by atoms with E-state index in [-0.39, 0.29) is 0 Å². The van der Waals surface area contributed by atoms with Gasteiger partial charge in [-0.1, -0.05) is 19.4 Å². The fraction of sp³-hybridized carbons (Fsp3) is 0.833. The second kappa shape index (κ2) is 10.7. The minimum atomic E-state index is 0.775. The lowest BCUT2D eigenvalue weighted by molar-refractivity contribution is 0.198. The summed E-state index contributed by atoms with van der Waals surface area (Å²) >= 11 is 0. The lowest BCUT2D eigenvalue weighted by Gasteiger charge is -2.11. The van der Waals surface area contributed by atoms with E-state index in [4.69, 9.17) is 4.74 Å². The van der Waals surface area contributed by atoms with Crippen LogP contribution in [0.4, 0.5) is 0 Å². The average Bonchev–Trinajstić information content (AvgIpc) is 2.19. The lowest BCUT2D eigenvalue weighted by atomic mass is 10.0. The van der Waals surface area contributed by atoms with Gasteiger partial charge in [0, 0.05) is 13.7 Å². The molecule has 0 radical (unpaired) electrons. The molecule has 1 atom stereocenters. The molecule has 2 heteroatoms.